The third-order valence-corrected chi connectivity index (χ3v) is 6.77. The van der Waals surface area contributed by atoms with E-state index in [4.69, 9.17) is 4.74 Å². The van der Waals surface area contributed by atoms with Crippen molar-refractivity contribution in [1.29, 1.82) is 0 Å². The molecule has 4 nitrogen and oxygen atoms in total. The minimum absolute atomic E-state index is 0.0542. The van der Waals surface area contributed by atoms with Crippen molar-refractivity contribution in [3.63, 3.8) is 0 Å². The van der Waals surface area contributed by atoms with E-state index >= 15 is 0 Å². The van der Waals surface area contributed by atoms with Crippen molar-refractivity contribution in [2.45, 2.75) is 31.8 Å². The van der Waals surface area contributed by atoms with E-state index in [0.29, 0.717) is 6.54 Å². The summed E-state index contributed by atoms with van der Waals surface area (Å²) >= 11 is 1.62. The average molecular weight is 391 g/mol. The zero-order chi connectivity index (χ0) is 18.9. The molecule has 1 fully saturated rings. The van der Waals surface area contributed by atoms with Crippen LogP contribution in [-0.2, 0) is 17.6 Å². The molecule has 1 aliphatic carbocycles. The lowest BCUT2D eigenvalue weighted by Crippen LogP contribution is -2.37. The maximum atomic E-state index is 13.5. The molecule has 2 aliphatic rings. The lowest BCUT2D eigenvalue weighted by molar-refractivity contribution is 0.0920. The molecule has 0 saturated carbocycles. The molecule has 1 saturated heterocycles. The summed E-state index contributed by atoms with van der Waals surface area (Å²) in [6.07, 6.45) is 7.68. The number of benzene rings is 1. The summed E-state index contributed by atoms with van der Waals surface area (Å²) in [4.78, 5) is 21.5. The van der Waals surface area contributed by atoms with Crippen LogP contribution in [0.5, 0.6) is 0 Å². The number of fused-ring (bicyclic) bond motifs is 3. The summed E-state index contributed by atoms with van der Waals surface area (Å²) in [5, 5.41) is 0. The van der Waals surface area contributed by atoms with Gasteiger partial charge in [-0.1, -0.05) is 24.3 Å². The van der Waals surface area contributed by atoms with Crippen LogP contribution >= 0.6 is 11.3 Å². The predicted molar refractivity (Wildman–Crippen MR) is 112 cm³/mol. The van der Waals surface area contributed by atoms with Crippen LogP contribution in [0, 0.1) is 0 Å². The smallest absolute Gasteiger partial charge is 0.268 e. The van der Waals surface area contributed by atoms with E-state index in [1.165, 1.54) is 21.6 Å². The number of ether oxygens (including phenoxy) is 1. The molecule has 3 heterocycles. The van der Waals surface area contributed by atoms with Gasteiger partial charge in [-0.25, -0.2) is 0 Å². The van der Waals surface area contributed by atoms with Gasteiger partial charge in [0.05, 0.1) is 17.5 Å². The minimum Gasteiger partial charge on any atom is -0.376 e. The van der Waals surface area contributed by atoms with E-state index in [2.05, 4.69) is 35.3 Å². The Bertz CT molecular complexity index is 993. The van der Waals surface area contributed by atoms with Crippen molar-refractivity contribution in [2.75, 3.05) is 18.1 Å². The van der Waals surface area contributed by atoms with E-state index in [0.717, 1.165) is 42.9 Å². The molecule has 0 bridgehead atoms. The van der Waals surface area contributed by atoms with Gasteiger partial charge in [-0.2, -0.15) is 0 Å². The lowest BCUT2D eigenvalue weighted by atomic mass is 9.91. The molecular formula is C23H22N2O2S. The van der Waals surface area contributed by atoms with Crippen molar-refractivity contribution in [1.82, 2.24) is 4.98 Å². The van der Waals surface area contributed by atoms with Gasteiger partial charge in [0, 0.05) is 29.6 Å². The van der Waals surface area contributed by atoms with E-state index in [1.54, 1.807) is 23.7 Å². The molecule has 142 valence electrons. The topological polar surface area (TPSA) is 42.4 Å². The van der Waals surface area contributed by atoms with Gasteiger partial charge in [0.1, 0.15) is 0 Å². The van der Waals surface area contributed by atoms with Crippen molar-refractivity contribution in [2.24, 2.45) is 0 Å². The highest BCUT2D eigenvalue weighted by Crippen LogP contribution is 2.40. The van der Waals surface area contributed by atoms with Crippen molar-refractivity contribution < 1.29 is 9.53 Å². The summed E-state index contributed by atoms with van der Waals surface area (Å²) in [7, 11) is 0. The van der Waals surface area contributed by atoms with Crippen molar-refractivity contribution >= 4 is 22.9 Å². The molecule has 1 unspecified atom stereocenters. The monoisotopic (exact) mass is 390 g/mol. The number of hydrogen-bond acceptors (Lipinski definition) is 4. The number of aryl methyl sites for hydroxylation is 2. The van der Waals surface area contributed by atoms with E-state index in [9.17, 15) is 4.79 Å². The lowest BCUT2D eigenvalue weighted by Gasteiger charge is -2.25. The zero-order valence-electron chi connectivity index (χ0n) is 15.6. The second kappa shape index (κ2) is 7.49. The number of thiophene rings is 1. The van der Waals surface area contributed by atoms with Gasteiger partial charge in [-0.15, -0.1) is 11.3 Å². The van der Waals surface area contributed by atoms with Crippen LogP contribution in [0.1, 0.15) is 33.6 Å². The summed E-state index contributed by atoms with van der Waals surface area (Å²) in [6, 6.07) is 14.4. The van der Waals surface area contributed by atoms with E-state index in [1.807, 2.05) is 17.0 Å². The molecule has 1 amide bonds. The first-order valence-electron chi connectivity index (χ1n) is 9.84. The fourth-order valence-corrected chi connectivity index (χ4v) is 5.35. The molecule has 0 radical (unpaired) electrons. The summed E-state index contributed by atoms with van der Waals surface area (Å²) in [5.41, 5.74) is 4.82. The van der Waals surface area contributed by atoms with Crippen LogP contribution < -0.4 is 4.90 Å². The molecule has 1 aliphatic heterocycles. The Hall–Kier alpha value is -2.50. The molecule has 3 aromatic rings. The Labute approximate surface area is 168 Å². The Kier molecular flexibility index (Phi) is 4.71. The number of hydrogen-bond donors (Lipinski definition) is 0. The van der Waals surface area contributed by atoms with Crippen LogP contribution in [-0.4, -0.2) is 30.1 Å². The third-order valence-electron chi connectivity index (χ3n) is 5.58. The molecule has 1 atom stereocenters. The maximum absolute atomic E-state index is 13.5. The predicted octanol–water partition coefficient (Wildman–Crippen LogP) is 4.73. The van der Waals surface area contributed by atoms with Gasteiger partial charge in [-0.05, 0) is 60.6 Å². The average Bonchev–Trinajstić information content (AvgIpc) is 3.42. The maximum Gasteiger partial charge on any atom is 0.268 e. The first-order valence-corrected chi connectivity index (χ1v) is 10.7. The third kappa shape index (κ3) is 3.25. The number of rotatable bonds is 4. The molecule has 28 heavy (non-hydrogen) atoms. The van der Waals surface area contributed by atoms with Gasteiger partial charge in [-0.3, -0.25) is 9.78 Å². The molecule has 1 aromatic carbocycles. The zero-order valence-corrected chi connectivity index (χ0v) is 16.5. The quantitative estimate of drug-likeness (QED) is 0.646. The summed E-state index contributed by atoms with van der Waals surface area (Å²) in [6.45, 7) is 1.37. The van der Waals surface area contributed by atoms with Gasteiger partial charge in [0.15, 0.2) is 0 Å². The van der Waals surface area contributed by atoms with Crippen LogP contribution in [0.2, 0.25) is 0 Å². The van der Waals surface area contributed by atoms with Gasteiger partial charge in [0.2, 0.25) is 0 Å². The Balaban J connectivity index is 1.49. The normalized spacial score (nSPS) is 17.8. The molecular weight excluding hydrogens is 368 g/mol. The molecule has 5 heteroatoms. The van der Waals surface area contributed by atoms with Gasteiger partial charge in [0.25, 0.3) is 5.91 Å². The number of carbonyl (C=O) groups excluding carboxylic acids is 1. The van der Waals surface area contributed by atoms with Gasteiger partial charge >= 0.3 is 0 Å². The van der Waals surface area contributed by atoms with Gasteiger partial charge < -0.3 is 9.64 Å². The van der Waals surface area contributed by atoms with E-state index < -0.39 is 0 Å². The highest BCUT2D eigenvalue weighted by Gasteiger charge is 2.28. The number of aromatic nitrogens is 1. The number of anilines is 1. The second-order valence-corrected chi connectivity index (χ2v) is 8.43. The first kappa shape index (κ1) is 17.6. The van der Waals surface area contributed by atoms with Crippen molar-refractivity contribution in [3.05, 3.63) is 70.9 Å². The fourth-order valence-electron chi connectivity index (χ4n) is 4.13. The number of amides is 1. The molecule has 2 aromatic heterocycles. The summed E-state index contributed by atoms with van der Waals surface area (Å²) < 4.78 is 5.81. The summed E-state index contributed by atoms with van der Waals surface area (Å²) in [5.74, 6) is 0.0542. The van der Waals surface area contributed by atoms with Crippen LogP contribution in [0.3, 0.4) is 0 Å². The minimum atomic E-state index is 0.0542. The second-order valence-electron chi connectivity index (χ2n) is 7.38. The fraction of sp³-hybridized carbons (Fsp3) is 0.304. The standard InChI is InChI=1S/C23H22N2O2S/c26-23(25(15-19-5-3-13-27-19)18-9-11-24-12-10-18)21-14-17-8-7-16-4-1-2-6-20(16)22(17)28-21/h1-2,4,6,9-12,14,19H,3,5,7-8,13,15H2. The molecule has 5 rings (SSSR count). The largest absolute Gasteiger partial charge is 0.376 e. The van der Waals surface area contributed by atoms with Crippen LogP contribution in [0.15, 0.2) is 54.9 Å². The molecule has 0 spiro atoms. The Morgan fingerprint density at radius 2 is 1.96 bits per heavy atom. The number of pyridine rings is 1. The Morgan fingerprint density at radius 3 is 2.79 bits per heavy atom. The Morgan fingerprint density at radius 1 is 1.14 bits per heavy atom. The SMILES string of the molecule is O=C(c1cc2c(s1)-c1ccccc1CC2)N(CC1CCCO1)c1ccncc1. The highest BCUT2D eigenvalue weighted by molar-refractivity contribution is 7.17. The highest BCUT2D eigenvalue weighted by atomic mass is 32.1. The number of carbonyl (C=O) groups is 1. The van der Waals surface area contributed by atoms with Crippen LogP contribution in [0.4, 0.5) is 5.69 Å². The molecule has 0 N–H and O–H groups in total. The van der Waals surface area contributed by atoms with E-state index in [-0.39, 0.29) is 12.0 Å². The van der Waals surface area contributed by atoms with Crippen LogP contribution in [0.25, 0.3) is 10.4 Å². The van der Waals surface area contributed by atoms with Crippen molar-refractivity contribution in [3.8, 4) is 10.4 Å². The first-order chi connectivity index (χ1) is 13.8. The number of nitrogens with zero attached hydrogens (tertiary/aromatic N) is 2.